The number of nitrogens with one attached hydrogen (secondary N) is 1. The Morgan fingerprint density at radius 3 is 1.62 bits per heavy atom. The molecular formula is C46H30N4. The fraction of sp³-hybridized carbons (Fsp3) is 0.0217. The van der Waals surface area contributed by atoms with Crippen molar-refractivity contribution in [2.75, 3.05) is 0 Å². The number of hydrogen-bond donors (Lipinski definition) is 1. The average Bonchev–Trinajstić information content (AvgIpc) is 3.21. The molecule has 4 nitrogen and oxygen atoms in total. The largest absolute Gasteiger partial charge is 0.344 e. The van der Waals surface area contributed by atoms with Crippen LogP contribution in [0, 0.1) is 11.3 Å². The van der Waals surface area contributed by atoms with Crippen LogP contribution in [-0.2, 0) is 0 Å². The molecule has 1 atom stereocenters. The third kappa shape index (κ3) is 5.28. The van der Waals surface area contributed by atoms with Gasteiger partial charge in [0, 0.05) is 11.1 Å². The predicted molar refractivity (Wildman–Crippen MR) is 206 cm³/mol. The average molecular weight is 639 g/mol. The van der Waals surface area contributed by atoms with Gasteiger partial charge in [-0.2, -0.15) is 5.26 Å². The summed E-state index contributed by atoms with van der Waals surface area (Å²) in [6.07, 6.45) is -0.345. The second-order valence-corrected chi connectivity index (χ2v) is 12.6. The molecule has 0 aliphatic carbocycles. The van der Waals surface area contributed by atoms with E-state index in [0.29, 0.717) is 17.2 Å². The van der Waals surface area contributed by atoms with Gasteiger partial charge in [-0.15, -0.1) is 0 Å². The predicted octanol–water partition coefficient (Wildman–Crippen LogP) is 10.8. The smallest absolute Gasteiger partial charge is 0.159 e. The molecule has 0 spiro atoms. The van der Waals surface area contributed by atoms with E-state index in [-0.39, 0.29) is 6.17 Å². The lowest BCUT2D eigenvalue weighted by molar-refractivity contribution is 0.674. The highest BCUT2D eigenvalue weighted by molar-refractivity contribution is 6.25. The van der Waals surface area contributed by atoms with Crippen molar-refractivity contribution >= 4 is 44.0 Å². The highest BCUT2D eigenvalue weighted by atomic mass is 15.2. The summed E-state index contributed by atoms with van der Waals surface area (Å²) >= 11 is 0. The standard InChI is InChI=1S/C46H30N4/c47-29-30-25-36(35-23-24-42-40-17-8-7-15-38(40)39-16-9-10-18-41(39)43(42)28-35)27-37(26-30)46-49-44(33-13-5-2-6-14-33)48-45(50-46)34-21-19-32(20-22-34)31-11-3-1-4-12-31/h1-28,44H,(H,48,49,50). The molecule has 1 N–H and O–H groups in total. The molecule has 1 unspecified atom stereocenters. The molecule has 1 aliphatic heterocycles. The van der Waals surface area contributed by atoms with Crippen LogP contribution in [0.15, 0.2) is 180 Å². The van der Waals surface area contributed by atoms with Gasteiger partial charge in [0.2, 0.25) is 0 Å². The van der Waals surface area contributed by atoms with Crippen molar-refractivity contribution in [1.82, 2.24) is 5.32 Å². The number of amidine groups is 2. The maximum absolute atomic E-state index is 10.2. The summed E-state index contributed by atoms with van der Waals surface area (Å²) < 4.78 is 0. The van der Waals surface area contributed by atoms with Gasteiger partial charge in [0.25, 0.3) is 0 Å². The zero-order chi connectivity index (χ0) is 33.4. The molecule has 0 amide bonds. The van der Waals surface area contributed by atoms with Gasteiger partial charge in [0.05, 0.1) is 11.6 Å². The molecular weight excluding hydrogens is 609 g/mol. The van der Waals surface area contributed by atoms with Gasteiger partial charge in [-0.3, -0.25) is 0 Å². The molecule has 1 heterocycles. The Labute approximate surface area is 290 Å². The number of aliphatic imine (C=N–C) groups is 2. The summed E-state index contributed by atoms with van der Waals surface area (Å²) in [5.41, 5.74) is 7.64. The van der Waals surface area contributed by atoms with Gasteiger partial charge < -0.3 is 5.32 Å². The van der Waals surface area contributed by atoms with Crippen LogP contribution in [0.25, 0.3) is 54.6 Å². The Hall–Kier alpha value is -6.83. The van der Waals surface area contributed by atoms with Crippen LogP contribution in [0.5, 0.6) is 0 Å². The first kappa shape index (κ1) is 29.3. The van der Waals surface area contributed by atoms with Gasteiger partial charge in [0.15, 0.2) is 5.84 Å². The van der Waals surface area contributed by atoms with Crippen molar-refractivity contribution in [3.8, 4) is 28.3 Å². The van der Waals surface area contributed by atoms with Crippen molar-refractivity contribution in [3.05, 3.63) is 192 Å². The van der Waals surface area contributed by atoms with Crippen LogP contribution >= 0.6 is 0 Å². The Balaban J connectivity index is 1.16. The molecule has 8 aromatic rings. The van der Waals surface area contributed by atoms with E-state index in [9.17, 15) is 5.26 Å². The summed E-state index contributed by atoms with van der Waals surface area (Å²) in [6, 6.07) is 61.1. The van der Waals surface area contributed by atoms with Crippen molar-refractivity contribution in [2.24, 2.45) is 9.98 Å². The van der Waals surface area contributed by atoms with Crippen molar-refractivity contribution in [2.45, 2.75) is 6.17 Å². The maximum atomic E-state index is 10.2. The van der Waals surface area contributed by atoms with Crippen LogP contribution in [0.4, 0.5) is 0 Å². The minimum absolute atomic E-state index is 0.345. The highest BCUT2D eigenvalue weighted by Gasteiger charge is 2.22. The molecule has 1 aliphatic rings. The van der Waals surface area contributed by atoms with Crippen LogP contribution in [0.2, 0.25) is 0 Å². The van der Waals surface area contributed by atoms with E-state index >= 15 is 0 Å². The van der Waals surface area contributed by atoms with E-state index in [1.807, 2.05) is 48.5 Å². The fourth-order valence-corrected chi connectivity index (χ4v) is 7.06. The first-order valence-corrected chi connectivity index (χ1v) is 16.7. The molecule has 0 radical (unpaired) electrons. The molecule has 0 fully saturated rings. The summed E-state index contributed by atoms with van der Waals surface area (Å²) in [4.78, 5) is 10.1. The van der Waals surface area contributed by atoms with E-state index in [1.165, 1.54) is 32.3 Å². The molecule has 9 rings (SSSR count). The molecule has 0 bridgehead atoms. The van der Waals surface area contributed by atoms with Gasteiger partial charge in [-0.05, 0) is 84.4 Å². The Kier molecular flexibility index (Phi) is 7.22. The Morgan fingerprint density at radius 1 is 0.440 bits per heavy atom. The van der Waals surface area contributed by atoms with Gasteiger partial charge in [-0.25, -0.2) is 9.98 Å². The summed E-state index contributed by atoms with van der Waals surface area (Å²) in [7, 11) is 0. The quantitative estimate of drug-likeness (QED) is 0.191. The lowest BCUT2D eigenvalue weighted by Crippen LogP contribution is -2.33. The zero-order valence-corrected chi connectivity index (χ0v) is 27.1. The van der Waals surface area contributed by atoms with E-state index in [1.54, 1.807) is 0 Å². The highest BCUT2D eigenvalue weighted by Crippen LogP contribution is 2.37. The van der Waals surface area contributed by atoms with E-state index < -0.39 is 0 Å². The lowest BCUT2D eigenvalue weighted by atomic mass is 9.91. The zero-order valence-electron chi connectivity index (χ0n) is 27.1. The lowest BCUT2D eigenvalue weighted by Gasteiger charge is -2.24. The van der Waals surface area contributed by atoms with Crippen molar-refractivity contribution in [1.29, 1.82) is 5.26 Å². The minimum atomic E-state index is -0.345. The summed E-state index contributed by atoms with van der Waals surface area (Å²) in [6.45, 7) is 0. The molecule has 0 saturated heterocycles. The van der Waals surface area contributed by atoms with E-state index in [2.05, 4.69) is 133 Å². The first-order valence-electron chi connectivity index (χ1n) is 16.7. The molecule has 4 heteroatoms. The Morgan fingerprint density at radius 2 is 0.960 bits per heavy atom. The second kappa shape index (κ2) is 12.3. The van der Waals surface area contributed by atoms with Crippen molar-refractivity contribution in [3.63, 3.8) is 0 Å². The maximum Gasteiger partial charge on any atom is 0.159 e. The third-order valence-corrected chi connectivity index (χ3v) is 9.52. The topological polar surface area (TPSA) is 60.5 Å². The van der Waals surface area contributed by atoms with Crippen molar-refractivity contribution < 1.29 is 0 Å². The number of nitrogens with zero attached hydrogens (tertiary/aromatic N) is 3. The van der Waals surface area contributed by atoms with E-state index in [0.717, 1.165) is 38.9 Å². The van der Waals surface area contributed by atoms with Gasteiger partial charge >= 0.3 is 0 Å². The SMILES string of the molecule is N#Cc1cc(C2=NC(c3ccc(-c4ccccc4)cc3)=NC(c3ccccc3)N2)cc(-c2ccc3c4ccccc4c4ccccc4c3c2)c1. The van der Waals surface area contributed by atoms with E-state index in [4.69, 9.17) is 9.98 Å². The number of nitriles is 1. The molecule has 8 aromatic carbocycles. The number of benzene rings is 8. The van der Waals surface area contributed by atoms with Crippen LogP contribution in [0.3, 0.4) is 0 Å². The molecule has 0 saturated carbocycles. The Bertz CT molecular complexity index is 2630. The number of hydrogen-bond acceptors (Lipinski definition) is 4. The van der Waals surface area contributed by atoms with Crippen LogP contribution in [-0.4, -0.2) is 11.7 Å². The van der Waals surface area contributed by atoms with Gasteiger partial charge in [0.1, 0.15) is 12.0 Å². The van der Waals surface area contributed by atoms with Crippen LogP contribution < -0.4 is 5.32 Å². The number of fused-ring (bicyclic) bond motifs is 6. The monoisotopic (exact) mass is 638 g/mol. The first-order chi connectivity index (χ1) is 24.7. The third-order valence-electron chi connectivity index (χ3n) is 9.52. The van der Waals surface area contributed by atoms with Crippen LogP contribution in [0.1, 0.15) is 28.4 Å². The van der Waals surface area contributed by atoms with Gasteiger partial charge in [-0.1, -0.05) is 146 Å². The molecule has 234 valence electrons. The normalized spacial score (nSPS) is 14.2. The molecule has 0 aromatic heterocycles. The molecule has 50 heavy (non-hydrogen) atoms. The second-order valence-electron chi connectivity index (χ2n) is 12.6. The number of rotatable bonds is 5. The minimum Gasteiger partial charge on any atom is -0.344 e. The summed E-state index contributed by atoms with van der Waals surface area (Å²) in [5.74, 6) is 1.31. The summed E-state index contributed by atoms with van der Waals surface area (Å²) in [5, 5.41) is 21.1. The fourth-order valence-electron chi connectivity index (χ4n) is 7.06.